The highest BCUT2D eigenvalue weighted by Gasteiger charge is 2.20. The number of tetrazole rings is 1. The highest BCUT2D eigenvalue weighted by atomic mass is 16.5. The molecule has 1 N–H and O–H groups in total. The van der Waals surface area contributed by atoms with E-state index >= 15 is 0 Å². The number of rotatable bonds is 7. The van der Waals surface area contributed by atoms with E-state index in [0.29, 0.717) is 11.6 Å². The number of nitrogens with one attached hydrogen (secondary N) is 1. The van der Waals surface area contributed by atoms with Crippen LogP contribution in [-0.4, -0.2) is 56.8 Å². The third-order valence-corrected chi connectivity index (χ3v) is 5.19. The molecular formula is C22H26N6O2. The summed E-state index contributed by atoms with van der Waals surface area (Å²) < 4.78 is 5.62. The zero-order valence-corrected chi connectivity index (χ0v) is 17.1. The minimum Gasteiger partial charge on any atom is -0.484 e. The van der Waals surface area contributed by atoms with Crippen molar-refractivity contribution in [1.29, 1.82) is 0 Å². The topological polar surface area (TPSA) is 85.2 Å². The van der Waals surface area contributed by atoms with E-state index in [4.69, 9.17) is 4.74 Å². The maximum atomic E-state index is 12.3. The lowest BCUT2D eigenvalue weighted by atomic mass is 10.0. The summed E-state index contributed by atoms with van der Waals surface area (Å²) in [7, 11) is 1.72. The molecule has 156 valence electrons. The largest absolute Gasteiger partial charge is 0.484 e. The van der Waals surface area contributed by atoms with Gasteiger partial charge in [-0.25, -0.2) is 0 Å². The van der Waals surface area contributed by atoms with Crippen LogP contribution in [0, 0.1) is 0 Å². The summed E-state index contributed by atoms with van der Waals surface area (Å²) >= 11 is 0. The second-order valence-electron chi connectivity index (χ2n) is 7.52. The van der Waals surface area contributed by atoms with Crippen molar-refractivity contribution in [2.24, 2.45) is 7.05 Å². The maximum Gasteiger partial charge on any atom is 0.258 e. The average molecular weight is 406 g/mol. The van der Waals surface area contributed by atoms with E-state index in [0.717, 1.165) is 38.0 Å². The molecule has 1 saturated heterocycles. The summed E-state index contributed by atoms with van der Waals surface area (Å²) in [4.78, 5) is 16.1. The van der Waals surface area contributed by atoms with Gasteiger partial charge in [-0.3, -0.25) is 9.69 Å². The fourth-order valence-corrected chi connectivity index (χ4v) is 3.60. The summed E-state index contributed by atoms with van der Waals surface area (Å²) in [5.41, 5.74) is 2.18. The van der Waals surface area contributed by atoms with E-state index in [1.807, 2.05) is 18.2 Å². The number of hydrogen-bond acceptors (Lipinski definition) is 6. The van der Waals surface area contributed by atoms with Gasteiger partial charge in [-0.1, -0.05) is 30.3 Å². The number of ether oxygens (including phenoxy) is 1. The Balaban J connectivity index is 1.18. The van der Waals surface area contributed by atoms with Crippen LogP contribution in [0.2, 0.25) is 0 Å². The number of hydrogen-bond donors (Lipinski definition) is 1. The third kappa shape index (κ3) is 5.42. The average Bonchev–Trinajstić information content (AvgIpc) is 3.21. The predicted molar refractivity (Wildman–Crippen MR) is 113 cm³/mol. The molecule has 8 heteroatoms. The van der Waals surface area contributed by atoms with E-state index in [1.54, 1.807) is 19.2 Å². The van der Waals surface area contributed by atoms with Gasteiger partial charge in [0.2, 0.25) is 5.82 Å². The fourth-order valence-electron chi connectivity index (χ4n) is 3.60. The van der Waals surface area contributed by atoms with Crippen molar-refractivity contribution >= 4 is 5.91 Å². The first-order valence-electron chi connectivity index (χ1n) is 10.2. The van der Waals surface area contributed by atoms with E-state index in [-0.39, 0.29) is 18.6 Å². The Kier molecular flexibility index (Phi) is 6.34. The first-order chi connectivity index (χ1) is 14.7. The monoisotopic (exact) mass is 406 g/mol. The van der Waals surface area contributed by atoms with Crippen LogP contribution in [0.5, 0.6) is 5.75 Å². The molecule has 0 bridgehead atoms. The van der Waals surface area contributed by atoms with Gasteiger partial charge in [-0.2, -0.15) is 4.80 Å². The van der Waals surface area contributed by atoms with Crippen molar-refractivity contribution in [1.82, 2.24) is 30.4 Å². The molecule has 1 aliphatic heterocycles. The molecule has 0 radical (unpaired) electrons. The summed E-state index contributed by atoms with van der Waals surface area (Å²) in [6.45, 7) is 2.94. The highest BCUT2D eigenvalue weighted by molar-refractivity contribution is 5.77. The molecule has 1 aromatic heterocycles. The molecule has 8 nitrogen and oxygen atoms in total. The first-order valence-corrected chi connectivity index (χ1v) is 10.2. The number of aromatic nitrogens is 4. The molecular weight excluding hydrogens is 380 g/mol. The summed E-state index contributed by atoms with van der Waals surface area (Å²) in [6.07, 6.45) is 1.91. The van der Waals surface area contributed by atoms with Gasteiger partial charge >= 0.3 is 0 Å². The molecule has 0 spiro atoms. The Morgan fingerprint density at radius 2 is 1.83 bits per heavy atom. The number of carbonyl (C=O) groups excluding carboxylic acids is 1. The van der Waals surface area contributed by atoms with Gasteiger partial charge in [0.25, 0.3) is 5.91 Å². The van der Waals surface area contributed by atoms with Gasteiger partial charge in [0.1, 0.15) is 5.75 Å². The summed E-state index contributed by atoms with van der Waals surface area (Å²) in [5, 5.41) is 15.1. The molecule has 2 heterocycles. The van der Waals surface area contributed by atoms with Crippen molar-refractivity contribution in [2.45, 2.75) is 25.4 Å². The third-order valence-electron chi connectivity index (χ3n) is 5.19. The lowest BCUT2D eigenvalue weighted by Crippen LogP contribution is -2.45. The Bertz CT molecular complexity index is 949. The second-order valence-corrected chi connectivity index (χ2v) is 7.52. The Labute approximate surface area is 175 Å². The number of piperidine rings is 1. The van der Waals surface area contributed by atoms with Crippen LogP contribution in [0.3, 0.4) is 0 Å². The quantitative estimate of drug-likeness (QED) is 0.646. The molecule has 0 aliphatic carbocycles. The van der Waals surface area contributed by atoms with E-state index in [2.05, 4.69) is 49.9 Å². The number of carbonyl (C=O) groups is 1. The van der Waals surface area contributed by atoms with Crippen molar-refractivity contribution in [2.75, 3.05) is 19.7 Å². The van der Waals surface area contributed by atoms with E-state index in [9.17, 15) is 4.79 Å². The molecule has 0 saturated carbocycles. The zero-order valence-electron chi connectivity index (χ0n) is 17.1. The summed E-state index contributed by atoms with van der Waals surface area (Å²) in [6, 6.07) is 18.0. The van der Waals surface area contributed by atoms with Crippen LogP contribution in [0.1, 0.15) is 18.4 Å². The number of nitrogens with zero attached hydrogens (tertiary/aromatic N) is 5. The minimum absolute atomic E-state index is 0.00691. The number of aryl methyl sites for hydroxylation is 1. The molecule has 3 aromatic rings. The van der Waals surface area contributed by atoms with Gasteiger partial charge in [-0.05, 0) is 47.9 Å². The fraction of sp³-hybridized carbons (Fsp3) is 0.364. The lowest BCUT2D eigenvalue weighted by Gasteiger charge is -2.32. The lowest BCUT2D eigenvalue weighted by molar-refractivity contribution is -0.124. The standard InChI is InChI=1S/C22H26N6O2/c1-27-25-22(24-26-27)18-7-9-20(10-8-18)30-16-21(29)23-19-11-13-28(14-12-19)15-17-5-3-2-4-6-17/h2-10,19H,11-16H2,1H3,(H,23,29). The Hall–Kier alpha value is -3.26. The van der Waals surface area contributed by atoms with Crippen LogP contribution < -0.4 is 10.1 Å². The van der Waals surface area contributed by atoms with Crippen LogP contribution in [0.15, 0.2) is 54.6 Å². The van der Waals surface area contributed by atoms with Gasteiger partial charge in [0.15, 0.2) is 6.61 Å². The van der Waals surface area contributed by atoms with Crippen molar-refractivity contribution in [3.8, 4) is 17.1 Å². The van der Waals surface area contributed by atoms with Crippen LogP contribution in [-0.2, 0) is 18.4 Å². The highest BCUT2D eigenvalue weighted by Crippen LogP contribution is 2.19. The minimum atomic E-state index is -0.0869. The van der Waals surface area contributed by atoms with Gasteiger partial charge < -0.3 is 10.1 Å². The van der Waals surface area contributed by atoms with Gasteiger partial charge in [0.05, 0.1) is 7.05 Å². The van der Waals surface area contributed by atoms with E-state index in [1.165, 1.54) is 10.4 Å². The van der Waals surface area contributed by atoms with Crippen molar-refractivity contribution in [3.05, 3.63) is 60.2 Å². The molecule has 4 rings (SSSR count). The molecule has 0 atom stereocenters. The number of benzene rings is 2. The van der Waals surface area contributed by atoms with Crippen LogP contribution in [0.4, 0.5) is 0 Å². The second kappa shape index (κ2) is 9.49. The number of likely N-dealkylation sites (tertiary alicyclic amines) is 1. The SMILES string of the molecule is Cn1nnc(-c2ccc(OCC(=O)NC3CCN(Cc4ccccc4)CC3)cc2)n1. The van der Waals surface area contributed by atoms with Crippen molar-refractivity contribution < 1.29 is 9.53 Å². The van der Waals surface area contributed by atoms with Gasteiger partial charge in [0, 0.05) is 31.2 Å². The number of amides is 1. The Morgan fingerprint density at radius 3 is 2.50 bits per heavy atom. The normalized spacial score (nSPS) is 15.1. The molecule has 1 fully saturated rings. The molecule has 1 amide bonds. The molecule has 30 heavy (non-hydrogen) atoms. The van der Waals surface area contributed by atoms with Crippen LogP contribution >= 0.6 is 0 Å². The van der Waals surface area contributed by atoms with Crippen molar-refractivity contribution in [3.63, 3.8) is 0 Å². The first kappa shape index (κ1) is 20.0. The Morgan fingerprint density at radius 1 is 1.10 bits per heavy atom. The van der Waals surface area contributed by atoms with Gasteiger partial charge in [-0.15, -0.1) is 10.2 Å². The molecule has 1 aliphatic rings. The van der Waals surface area contributed by atoms with E-state index < -0.39 is 0 Å². The molecule has 2 aromatic carbocycles. The maximum absolute atomic E-state index is 12.3. The summed E-state index contributed by atoms with van der Waals surface area (Å²) in [5.74, 6) is 1.10. The van der Waals surface area contributed by atoms with Crippen LogP contribution in [0.25, 0.3) is 11.4 Å². The predicted octanol–water partition coefficient (Wildman–Crippen LogP) is 2.04. The smallest absolute Gasteiger partial charge is 0.258 e. The zero-order chi connectivity index (χ0) is 20.8. The molecule has 0 unspecified atom stereocenters.